The number of rotatable bonds is 6. The summed E-state index contributed by atoms with van der Waals surface area (Å²) in [5.74, 6) is -3.07. The third-order valence-corrected chi connectivity index (χ3v) is 6.59. The number of esters is 1. The number of anilines is 1. The molecule has 1 heterocycles. The van der Waals surface area contributed by atoms with Crippen molar-refractivity contribution in [1.29, 1.82) is 0 Å². The van der Waals surface area contributed by atoms with Gasteiger partial charge in [-0.3, -0.25) is 9.59 Å². The van der Waals surface area contributed by atoms with E-state index < -0.39 is 23.8 Å². The van der Waals surface area contributed by atoms with Crippen LogP contribution < -0.4 is 5.32 Å². The average molecular weight is 406 g/mol. The van der Waals surface area contributed by atoms with Crippen LogP contribution in [0.2, 0.25) is 0 Å². The van der Waals surface area contributed by atoms with Crippen molar-refractivity contribution in [2.45, 2.75) is 58.3 Å². The molecule has 0 bridgehead atoms. The van der Waals surface area contributed by atoms with Gasteiger partial charge < -0.3 is 15.2 Å². The Morgan fingerprint density at radius 3 is 2.57 bits per heavy atom. The van der Waals surface area contributed by atoms with Gasteiger partial charge in [0.15, 0.2) is 0 Å². The van der Waals surface area contributed by atoms with Crippen LogP contribution in [0.4, 0.5) is 5.00 Å². The number of allylic oxidation sites excluding steroid dienone is 2. The number of aryl methyl sites for hydroxylation is 1. The number of carboxylic acid groups (broad SMARTS) is 1. The molecule has 0 aromatic carbocycles. The first-order valence-electron chi connectivity index (χ1n) is 10.0. The van der Waals surface area contributed by atoms with Crippen molar-refractivity contribution in [2.24, 2.45) is 11.8 Å². The second-order valence-corrected chi connectivity index (χ2v) is 8.49. The van der Waals surface area contributed by atoms with E-state index in [-0.39, 0.29) is 5.91 Å². The van der Waals surface area contributed by atoms with Crippen LogP contribution in [0.5, 0.6) is 0 Å². The maximum atomic E-state index is 12.9. The number of amides is 1. The Hall–Kier alpha value is -2.15. The topological polar surface area (TPSA) is 92.7 Å². The number of carbonyl (C=O) groups excluding carboxylic acids is 2. The fraction of sp³-hybridized carbons (Fsp3) is 0.571. The smallest absolute Gasteiger partial charge is 0.341 e. The van der Waals surface area contributed by atoms with Crippen molar-refractivity contribution >= 4 is 34.2 Å². The molecule has 28 heavy (non-hydrogen) atoms. The van der Waals surface area contributed by atoms with Crippen LogP contribution in [0, 0.1) is 11.8 Å². The zero-order valence-electron chi connectivity index (χ0n) is 16.2. The van der Waals surface area contributed by atoms with Crippen LogP contribution in [0.3, 0.4) is 0 Å². The van der Waals surface area contributed by atoms with E-state index in [0.717, 1.165) is 49.0 Å². The van der Waals surface area contributed by atoms with E-state index in [2.05, 4.69) is 5.32 Å². The summed E-state index contributed by atoms with van der Waals surface area (Å²) < 4.78 is 5.38. The molecule has 0 saturated carbocycles. The highest BCUT2D eigenvalue weighted by molar-refractivity contribution is 7.17. The zero-order valence-corrected chi connectivity index (χ0v) is 17.0. The molecule has 0 saturated heterocycles. The molecule has 1 amide bonds. The molecule has 0 unspecified atom stereocenters. The lowest BCUT2D eigenvalue weighted by Crippen LogP contribution is -2.34. The van der Waals surface area contributed by atoms with Gasteiger partial charge in [-0.25, -0.2) is 4.79 Å². The van der Waals surface area contributed by atoms with Crippen LogP contribution >= 0.6 is 11.3 Å². The van der Waals surface area contributed by atoms with Crippen LogP contribution in [0.1, 0.15) is 66.2 Å². The van der Waals surface area contributed by atoms with Gasteiger partial charge in [0.2, 0.25) is 5.91 Å². The molecule has 2 N–H and O–H groups in total. The summed E-state index contributed by atoms with van der Waals surface area (Å²) in [6.07, 6.45) is 10.0. The number of thiophene rings is 1. The molecule has 3 rings (SSSR count). The summed E-state index contributed by atoms with van der Waals surface area (Å²) in [7, 11) is 0. The van der Waals surface area contributed by atoms with Gasteiger partial charge in [0, 0.05) is 4.88 Å². The summed E-state index contributed by atoms with van der Waals surface area (Å²) in [6.45, 7) is 2.28. The van der Waals surface area contributed by atoms with Gasteiger partial charge in [-0.1, -0.05) is 25.5 Å². The molecule has 6 nitrogen and oxygen atoms in total. The van der Waals surface area contributed by atoms with E-state index >= 15 is 0 Å². The largest absolute Gasteiger partial charge is 0.481 e. The number of carboxylic acids is 1. The fourth-order valence-corrected chi connectivity index (χ4v) is 5.18. The molecular weight excluding hydrogens is 378 g/mol. The average Bonchev–Trinajstić information content (AvgIpc) is 2.86. The van der Waals surface area contributed by atoms with Crippen molar-refractivity contribution in [3.8, 4) is 0 Å². The molecule has 7 heteroatoms. The molecule has 1 aromatic heterocycles. The van der Waals surface area contributed by atoms with Gasteiger partial charge in [0.1, 0.15) is 5.00 Å². The van der Waals surface area contributed by atoms with Gasteiger partial charge >= 0.3 is 11.9 Å². The lowest BCUT2D eigenvalue weighted by atomic mass is 9.82. The van der Waals surface area contributed by atoms with Crippen molar-refractivity contribution in [3.05, 3.63) is 28.2 Å². The lowest BCUT2D eigenvalue weighted by Gasteiger charge is -2.24. The van der Waals surface area contributed by atoms with Crippen molar-refractivity contribution in [1.82, 2.24) is 0 Å². The normalized spacial score (nSPS) is 21.5. The Morgan fingerprint density at radius 1 is 1.14 bits per heavy atom. The van der Waals surface area contributed by atoms with E-state index in [0.29, 0.717) is 30.0 Å². The number of carbonyl (C=O) groups is 3. The molecule has 2 aliphatic carbocycles. The lowest BCUT2D eigenvalue weighted by molar-refractivity contribution is -0.146. The summed E-state index contributed by atoms with van der Waals surface area (Å²) in [4.78, 5) is 38.3. The second kappa shape index (κ2) is 9.37. The fourth-order valence-electron chi connectivity index (χ4n) is 3.90. The van der Waals surface area contributed by atoms with E-state index in [1.54, 1.807) is 0 Å². The highest BCUT2D eigenvalue weighted by Crippen LogP contribution is 2.39. The second-order valence-electron chi connectivity index (χ2n) is 7.39. The quantitative estimate of drug-likeness (QED) is 0.421. The maximum Gasteiger partial charge on any atom is 0.341 e. The first kappa shape index (κ1) is 20.6. The summed E-state index contributed by atoms with van der Waals surface area (Å²) in [6, 6.07) is 0. The number of hydrogen-bond acceptors (Lipinski definition) is 5. The molecule has 2 aliphatic rings. The van der Waals surface area contributed by atoms with Crippen LogP contribution in [0.25, 0.3) is 0 Å². The van der Waals surface area contributed by atoms with Gasteiger partial charge in [-0.2, -0.15) is 0 Å². The summed E-state index contributed by atoms with van der Waals surface area (Å²) in [5.41, 5.74) is 1.47. The molecular formula is C21H27NO5S. The van der Waals surface area contributed by atoms with Crippen molar-refractivity contribution in [3.63, 3.8) is 0 Å². The number of fused-ring (bicyclic) bond motifs is 1. The molecule has 152 valence electrons. The van der Waals surface area contributed by atoms with E-state index in [1.807, 2.05) is 19.1 Å². The van der Waals surface area contributed by atoms with Gasteiger partial charge in [-0.05, 0) is 50.5 Å². The van der Waals surface area contributed by atoms with Crippen molar-refractivity contribution < 1.29 is 24.2 Å². The minimum atomic E-state index is -0.964. The van der Waals surface area contributed by atoms with Gasteiger partial charge in [-0.15, -0.1) is 11.3 Å². The highest BCUT2D eigenvalue weighted by Gasteiger charge is 2.35. The molecule has 0 radical (unpaired) electrons. The molecule has 0 spiro atoms. The third-order valence-electron chi connectivity index (χ3n) is 5.39. The minimum absolute atomic E-state index is 0.335. The summed E-state index contributed by atoms with van der Waals surface area (Å²) in [5, 5.41) is 12.8. The van der Waals surface area contributed by atoms with Crippen molar-refractivity contribution in [2.75, 3.05) is 11.9 Å². The standard InChI is InChI=1S/C21H27NO5S/c1-2-12-27-21(26)17-15-10-4-3-5-11-16(15)28-19(17)22-18(23)13-8-6-7-9-14(13)20(24)25/h6-7,13-14H,2-5,8-12H2,1H3,(H,22,23)(H,24,25)/t13-,14+/m0/s1. The first-order chi connectivity index (χ1) is 13.5. The molecule has 2 atom stereocenters. The number of aliphatic carboxylic acids is 1. The highest BCUT2D eigenvalue weighted by atomic mass is 32.1. The first-order valence-corrected chi connectivity index (χ1v) is 10.8. The number of nitrogens with one attached hydrogen (secondary N) is 1. The monoisotopic (exact) mass is 405 g/mol. The Labute approximate surface area is 169 Å². The molecule has 0 aliphatic heterocycles. The maximum absolute atomic E-state index is 12.9. The van der Waals surface area contributed by atoms with E-state index in [1.165, 1.54) is 11.3 Å². The van der Waals surface area contributed by atoms with Crippen LogP contribution in [0.15, 0.2) is 12.2 Å². The van der Waals surface area contributed by atoms with E-state index in [9.17, 15) is 19.5 Å². The Kier molecular flexibility index (Phi) is 6.88. The number of hydrogen-bond donors (Lipinski definition) is 2. The predicted molar refractivity (Wildman–Crippen MR) is 108 cm³/mol. The molecule has 1 aromatic rings. The Bertz CT molecular complexity index is 782. The predicted octanol–water partition coefficient (Wildman–Crippen LogP) is 4.19. The SMILES string of the molecule is CCCOC(=O)c1c(NC(=O)[C@H]2CC=CC[C@H]2C(=O)O)sc2c1CCCCC2. The zero-order chi connectivity index (χ0) is 20.1. The Morgan fingerprint density at radius 2 is 1.86 bits per heavy atom. The van der Waals surface area contributed by atoms with Gasteiger partial charge in [0.25, 0.3) is 0 Å². The number of ether oxygens (including phenoxy) is 1. The van der Waals surface area contributed by atoms with E-state index in [4.69, 9.17) is 4.74 Å². The third kappa shape index (κ3) is 4.46. The van der Waals surface area contributed by atoms with Crippen LogP contribution in [-0.4, -0.2) is 29.6 Å². The minimum Gasteiger partial charge on any atom is -0.481 e. The Balaban J connectivity index is 1.88. The van der Waals surface area contributed by atoms with Gasteiger partial charge in [0.05, 0.1) is 24.0 Å². The molecule has 0 fully saturated rings. The van der Waals surface area contributed by atoms with Crippen LogP contribution in [-0.2, 0) is 27.2 Å². The summed E-state index contributed by atoms with van der Waals surface area (Å²) >= 11 is 1.44.